The summed E-state index contributed by atoms with van der Waals surface area (Å²) in [6.45, 7) is -0.106. The van der Waals surface area contributed by atoms with Crippen molar-refractivity contribution in [1.29, 1.82) is 0 Å². The minimum atomic E-state index is -3.42. The van der Waals surface area contributed by atoms with Crippen LogP contribution in [0.1, 0.15) is 5.56 Å². The van der Waals surface area contributed by atoms with Crippen LogP contribution in [0.5, 0.6) is 11.6 Å². The summed E-state index contributed by atoms with van der Waals surface area (Å²) in [7, 11) is -1.91. The van der Waals surface area contributed by atoms with E-state index >= 15 is 0 Å². The van der Waals surface area contributed by atoms with Crippen molar-refractivity contribution in [2.24, 2.45) is 0 Å². The SMILES string of the molecule is COc1ccc2cn(CC3(c4ccc(S(C)(=O)=O)cc4)NC(=O)NC3=O)c(O)c2c1. The molecule has 156 valence electrons. The zero-order valence-electron chi connectivity index (χ0n) is 16.2. The number of aromatic nitrogens is 1. The highest BCUT2D eigenvalue weighted by Gasteiger charge is 2.48. The summed E-state index contributed by atoms with van der Waals surface area (Å²) in [5.41, 5.74) is -1.14. The second-order valence-corrected chi connectivity index (χ2v) is 9.16. The molecule has 0 saturated carbocycles. The molecule has 1 fully saturated rings. The largest absolute Gasteiger partial charge is 0.497 e. The lowest BCUT2D eigenvalue weighted by Crippen LogP contribution is -2.47. The molecule has 1 saturated heterocycles. The fraction of sp³-hybridized carbons (Fsp3) is 0.200. The van der Waals surface area contributed by atoms with Crippen LogP contribution in [0.2, 0.25) is 0 Å². The van der Waals surface area contributed by atoms with Gasteiger partial charge in [-0.1, -0.05) is 12.1 Å². The summed E-state index contributed by atoms with van der Waals surface area (Å²) >= 11 is 0. The van der Waals surface area contributed by atoms with Crippen LogP contribution in [0.15, 0.2) is 53.6 Å². The van der Waals surface area contributed by atoms with Crippen LogP contribution in [0.25, 0.3) is 10.8 Å². The number of hydrogen-bond acceptors (Lipinski definition) is 6. The molecule has 9 nitrogen and oxygen atoms in total. The number of sulfone groups is 1. The Bertz CT molecular complexity index is 1280. The number of nitrogens with zero attached hydrogens (tertiary/aromatic N) is 1. The molecule has 1 aromatic heterocycles. The zero-order valence-corrected chi connectivity index (χ0v) is 17.0. The number of carbonyl (C=O) groups is 2. The smallest absolute Gasteiger partial charge is 0.322 e. The van der Waals surface area contributed by atoms with Crippen molar-refractivity contribution in [1.82, 2.24) is 15.2 Å². The minimum Gasteiger partial charge on any atom is -0.497 e. The maximum absolute atomic E-state index is 12.8. The lowest BCUT2D eigenvalue weighted by molar-refractivity contribution is -0.124. The van der Waals surface area contributed by atoms with Gasteiger partial charge >= 0.3 is 6.03 Å². The third kappa shape index (κ3) is 3.14. The Morgan fingerprint density at radius 1 is 1.13 bits per heavy atom. The van der Waals surface area contributed by atoms with Crippen molar-refractivity contribution >= 4 is 32.5 Å². The van der Waals surface area contributed by atoms with E-state index < -0.39 is 27.3 Å². The highest BCUT2D eigenvalue weighted by Crippen LogP contribution is 2.35. The third-order valence-electron chi connectivity index (χ3n) is 5.19. The number of methoxy groups -OCH3 is 1. The number of aromatic hydroxyl groups is 1. The summed E-state index contributed by atoms with van der Waals surface area (Å²) in [6, 6.07) is 10.2. The van der Waals surface area contributed by atoms with Crippen LogP contribution in [0.3, 0.4) is 0 Å². The predicted octanol–water partition coefficient (Wildman–Crippen LogP) is 1.49. The summed E-state index contributed by atoms with van der Waals surface area (Å²) in [5, 5.41) is 16.8. The summed E-state index contributed by atoms with van der Waals surface area (Å²) in [5.74, 6) is -0.132. The van der Waals surface area contributed by atoms with Crippen molar-refractivity contribution in [2.75, 3.05) is 13.4 Å². The normalized spacial score (nSPS) is 19.0. The molecule has 0 bridgehead atoms. The second kappa shape index (κ2) is 6.77. The molecule has 2 aromatic carbocycles. The van der Waals surface area contributed by atoms with Gasteiger partial charge in [0.25, 0.3) is 5.91 Å². The lowest BCUT2D eigenvalue weighted by atomic mass is 9.89. The van der Waals surface area contributed by atoms with Gasteiger partial charge in [-0.15, -0.1) is 0 Å². The molecule has 1 atom stereocenters. The fourth-order valence-electron chi connectivity index (χ4n) is 3.61. The molecule has 2 heterocycles. The first-order chi connectivity index (χ1) is 14.1. The second-order valence-electron chi connectivity index (χ2n) is 7.14. The standard InChI is InChI=1S/C20H19N3O6S/c1-29-14-6-3-12-10-23(17(24)16(12)9-14)11-20(18(25)21-19(26)22-20)13-4-7-15(8-5-13)30(2,27)28/h3-10,24H,11H2,1-2H3,(H2,21,22,25,26). The van der Waals surface area contributed by atoms with Crippen molar-refractivity contribution in [3.63, 3.8) is 0 Å². The highest BCUT2D eigenvalue weighted by atomic mass is 32.2. The number of fused-ring (bicyclic) bond motifs is 1. The molecule has 1 aliphatic heterocycles. The van der Waals surface area contributed by atoms with Crippen LogP contribution in [0.4, 0.5) is 4.79 Å². The van der Waals surface area contributed by atoms with Gasteiger partial charge in [-0.2, -0.15) is 0 Å². The first kappa shape index (κ1) is 19.8. The van der Waals surface area contributed by atoms with Gasteiger partial charge in [-0.3, -0.25) is 10.1 Å². The van der Waals surface area contributed by atoms with Gasteiger partial charge in [-0.05, 0) is 35.9 Å². The van der Waals surface area contributed by atoms with Gasteiger partial charge in [0.15, 0.2) is 21.3 Å². The number of urea groups is 1. The van der Waals surface area contributed by atoms with Gasteiger partial charge < -0.3 is 19.7 Å². The van der Waals surface area contributed by atoms with Crippen LogP contribution in [0, 0.1) is 0 Å². The van der Waals surface area contributed by atoms with Crippen molar-refractivity contribution < 1.29 is 27.9 Å². The summed E-state index contributed by atoms with van der Waals surface area (Å²) < 4.78 is 30.2. The molecule has 1 aliphatic rings. The van der Waals surface area contributed by atoms with Crippen molar-refractivity contribution in [2.45, 2.75) is 17.0 Å². The molecule has 0 aliphatic carbocycles. The predicted molar refractivity (Wildman–Crippen MR) is 108 cm³/mol. The molecule has 0 radical (unpaired) electrons. The van der Waals surface area contributed by atoms with Gasteiger partial charge in [-0.25, -0.2) is 13.2 Å². The van der Waals surface area contributed by atoms with E-state index in [0.29, 0.717) is 16.7 Å². The monoisotopic (exact) mass is 429 g/mol. The van der Waals surface area contributed by atoms with Crippen molar-refractivity contribution in [3.8, 4) is 11.6 Å². The molecular formula is C20H19N3O6S. The number of amides is 3. The number of ether oxygens (including phenoxy) is 1. The van der Waals surface area contributed by atoms with E-state index in [1.165, 1.54) is 35.9 Å². The fourth-order valence-corrected chi connectivity index (χ4v) is 4.24. The van der Waals surface area contributed by atoms with E-state index in [2.05, 4.69) is 10.6 Å². The van der Waals surface area contributed by atoms with Crippen LogP contribution in [-0.2, 0) is 26.7 Å². The quantitative estimate of drug-likeness (QED) is 0.528. The van der Waals surface area contributed by atoms with Crippen LogP contribution in [-0.4, -0.2) is 43.4 Å². The average Bonchev–Trinajstić information content (AvgIpc) is 3.17. The number of hydrogen-bond donors (Lipinski definition) is 3. The van der Waals surface area contributed by atoms with Gasteiger partial charge in [0.05, 0.1) is 18.6 Å². The van der Waals surface area contributed by atoms with Gasteiger partial charge in [0.2, 0.25) is 0 Å². The Labute approximate surface area is 172 Å². The molecule has 3 N–H and O–H groups in total. The van der Waals surface area contributed by atoms with Gasteiger partial charge in [0, 0.05) is 23.2 Å². The summed E-state index contributed by atoms with van der Waals surface area (Å²) in [6.07, 6.45) is 2.74. The Morgan fingerprint density at radius 2 is 1.83 bits per heavy atom. The summed E-state index contributed by atoms with van der Waals surface area (Å²) in [4.78, 5) is 24.9. The number of carbonyl (C=O) groups excluding carboxylic acids is 2. The van der Waals surface area contributed by atoms with Crippen molar-refractivity contribution in [3.05, 3.63) is 54.2 Å². The zero-order chi connectivity index (χ0) is 21.7. The molecule has 0 spiro atoms. The van der Waals surface area contributed by atoms with Crippen LogP contribution < -0.4 is 15.4 Å². The van der Waals surface area contributed by atoms with E-state index in [4.69, 9.17) is 4.74 Å². The maximum atomic E-state index is 12.8. The lowest BCUT2D eigenvalue weighted by Gasteiger charge is -2.27. The minimum absolute atomic E-state index is 0.0905. The van der Waals surface area contributed by atoms with Gasteiger partial charge in [0.1, 0.15) is 5.75 Å². The molecule has 30 heavy (non-hydrogen) atoms. The number of nitrogens with one attached hydrogen (secondary N) is 2. The van der Waals surface area contributed by atoms with E-state index in [1.807, 2.05) is 0 Å². The topological polar surface area (TPSA) is 127 Å². The number of rotatable bonds is 5. The van der Waals surface area contributed by atoms with E-state index in [-0.39, 0.29) is 17.3 Å². The molecule has 1 unspecified atom stereocenters. The molecule has 10 heteroatoms. The Balaban J connectivity index is 1.81. The maximum Gasteiger partial charge on any atom is 0.322 e. The Hall–Kier alpha value is -3.53. The van der Waals surface area contributed by atoms with E-state index in [9.17, 15) is 23.1 Å². The number of imide groups is 1. The molecule has 3 amide bonds. The Morgan fingerprint density at radius 3 is 2.40 bits per heavy atom. The molecule has 4 rings (SSSR count). The third-order valence-corrected chi connectivity index (χ3v) is 6.32. The number of benzene rings is 2. The average molecular weight is 429 g/mol. The molecular weight excluding hydrogens is 410 g/mol. The van der Waals surface area contributed by atoms with E-state index in [0.717, 1.165) is 11.6 Å². The first-order valence-corrected chi connectivity index (χ1v) is 10.8. The molecule has 3 aromatic rings. The van der Waals surface area contributed by atoms with Crippen LogP contribution >= 0.6 is 0 Å². The first-order valence-electron chi connectivity index (χ1n) is 8.94. The van der Waals surface area contributed by atoms with E-state index in [1.54, 1.807) is 24.4 Å². The Kier molecular flexibility index (Phi) is 4.46. The highest BCUT2D eigenvalue weighted by molar-refractivity contribution is 7.90.